The van der Waals surface area contributed by atoms with E-state index in [1.807, 2.05) is 12.1 Å². The van der Waals surface area contributed by atoms with Gasteiger partial charge in [0, 0.05) is 12.1 Å². The standard InChI is InChI=1S/C10H10NO.2BF4/c1-5-11-6-2-9(1)10-3-7-12-8-4-10;2*2-1(3,4)5/h1-5,7-8,11H,6H2;;/q+1;2*-1/p+1. The first-order valence-corrected chi connectivity index (χ1v) is 5.77. The van der Waals surface area contributed by atoms with E-state index < -0.39 is 14.5 Å². The molecule has 0 unspecified atom stereocenters. The molecule has 2 N–H and O–H groups in total. The lowest BCUT2D eigenvalue weighted by atomic mass is 10.1. The van der Waals surface area contributed by atoms with Gasteiger partial charge in [-0.25, -0.2) is 4.42 Å². The highest BCUT2D eigenvalue weighted by Crippen LogP contribution is 2.14. The van der Waals surface area contributed by atoms with Crippen LogP contribution >= 0.6 is 0 Å². The van der Waals surface area contributed by atoms with E-state index in [1.54, 1.807) is 12.5 Å². The summed E-state index contributed by atoms with van der Waals surface area (Å²) in [4.78, 5) is 0. The van der Waals surface area contributed by atoms with Crippen LogP contribution in [0.1, 0.15) is 5.56 Å². The quantitative estimate of drug-likeness (QED) is 0.474. The minimum absolute atomic E-state index is 1.03. The van der Waals surface area contributed by atoms with Crippen LogP contribution in [0.3, 0.4) is 0 Å². The molecule has 2 rings (SSSR count). The monoisotopic (exact) mass is 335 g/mol. The van der Waals surface area contributed by atoms with E-state index in [0.29, 0.717) is 0 Å². The zero-order valence-corrected chi connectivity index (χ0v) is 10.9. The molecule has 0 saturated carbocycles. The van der Waals surface area contributed by atoms with E-state index in [-0.39, 0.29) is 0 Å². The lowest BCUT2D eigenvalue weighted by Crippen LogP contribution is -2.78. The number of allylic oxidation sites excluding steroid dienone is 2. The van der Waals surface area contributed by atoms with Gasteiger partial charge in [-0.1, -0.05) is 0 Å². The lowest BCUT2D eigenvalue weighted by molar-refractivity contribution is -0.578. The van der Waals surface area contributed by atoms with Crippen LogP contribution < -0.4 is 5.32 Å². The Balaban J connectivity index is 0.000000372. The number of hydrogen-bond acceptors (Lipinski definition) is 0. The molecule has 0 bridgehead atoms. The Morgan fingerprint density at radius 2 is 1.32 bits per heavy atom. The number of hydrogen-bond donors (Lipinski definition) is 1. The third kappa shape index (κ3) is 16.2. The van der Waals surface area contributed by atoms with Crippen molar-refractivity contribution in [3.8, 4) is 0 Å². The van der Waals surface area contributed by atoms with Gasteiger partial charge in [-0.2, -0.15) is 0 Å². The molecule has 22 heavy (non-hydrogen) atoms. The fourth-order valence-electron chi connectivity index (χ4n) is 1.25. The van der Waals surface area contributed by atoms with E-state index >= 15 is 0 Å². The molecule has 1 aromatic heterocycles. The maximum atomic E-state index is 9.75. The number of rotatable bonds is 1. The second kappa shape index (κ2) is 9.23. The van der Waals surface area contributed by atoms with Gasteiger partial charge in [-0.15, -0.1) is 0 Å². The summed E-state index contributed by atoms with van der Waals surface area (Å²) < 4.78 is 82.9. The smallest absolute Gasteiger partial charge is 0.418 e. The van der Waals surface area contributed by atoms with Crippen molar-refractivity contribution in [2.45, 2.75) is 0 Å². The summed E-state index contributed by atoms with van der Waals surface area (Å²) in [5.74, 6) is 0. The molecular weight excluding hydrogens is 324 g/mol. The van der Waals surface area contributed by atoms with Crippen molar-refractivity contribution < 1.29 is 44.3 Å². The third-order valence-corrected chi connectivity index (χ3v) is 1.87. The first-order valence-electron chi connectivity index (χ1n) is 5.77. The molecule has 0 spiro atoms. The van der Waals surface area contributed by atoms with Crippen LogP contribution in [-0.4, -0.2) is 21.1 Å². The average molecular weight is 335 g/mol. The highest BCUT2D eigenvalue weighted by Gasteiger charge is 2.21. The largest absolute Gasteiger partial charge is 0.673 e. The zero-order valence-electron chi connectivity index (χ0n) is 10.9. The third-order valence-electron chi connectivity index (χ3n) is 1.87. The van der Waals surface area contributed by atoms with Crippen LogP contribution in [0.5, 0.6) is 0 Å². The fraction of sp³-hybridized carbons (Fsp3) is 0.100. The Morgan fingerprint density at radius 1 is 0.864 bits per heavy atom. The van der Waals surface area contributed by atoms with Crippen molar-refractivity contribution in [3.63, 3.8) is 0 Å². The van der Waals surface area contributed by atoms with Crippen molar-refractivity contribution in [1.82, 2.24) is 0 Å². The van der Waals surface area contributed by atoms with Crippen LogP contribution in [0.4, 0.5) is 34.5 Å². The summed E-state index contributed by atoms with van der Waals surface area (Å²) in [5, 5.41) is 2.14. The Kier molecular flexibility index (Phi) is 8.46. The van der Waals surface area contributed by atoms with E-state index in [1.165, 1.54) is 11.1 Å². The Bertz CT molecular complexity index is 462. The molecule has 0 saturated heterocycles. The minimum Gasteiger partial charge on any atom is -0.418 e. The Labute approximate surface area is 120 Å². The van der Waals surface area contributed by atoms with Crippen LogP contribution in [0.15, 0.2) is 47.4 Å². The van der Waals surface area contributed by atoms with Crippen LogP contribution in [-0.2, 0) is 0 Å². The fourth-order valence-corrected chi connectivity index (χ4v) is 1.25. The van der Waals surface area contributed by atoms with E-state index in [9.17, 15) is 34.5 Å². The summed E-state index contributed by atoms with van der Waals surface area (Å²) >= 11 is 0. The van der Waals surface area contributed by atoms with Gasteiger partial charge in [0.15, 0.2) is 0 Å². The first kappa shape index (κ1) is 20.2. The predicted octanol–water partition coefficient (Wildman–Crippen LogP) is 3.63. The van der Waals surface area contributed by atoms with Crippen LogP contribution in [0, 0.1) is 0 Å². The highest BCUT2D eigenvalue weighted by molar-refractivity contribution is 6.50. The van der Waals surface area contributed by atoms with Gasteiger partial charge in [-0.05, 0) is 23.3 Å². The molecule has 0 aliphatic carbocycles. The molecule has 1 aromatic rings. The summed E-state index contributed by atoms with van der Waals surface area (Å²) in [5.41, 5.74) is 2.49. The minimum atomic E-state index is -6.00. The van der Waals surface area contributed by atoms with Gasteiger partial charge in [-0.3, -0.25) is 0 Å². The molecule has 2 heterocycles. The maximum Gasteiger partial charge on any atom is 0.673 e. The molecule has 1 aliphatic heterocycles. The van der Waals surface area contributed by atoms with Gasteiger partial charge < -0.3 is 39.8 Å². The second-order valence-electron chi connectivity index (χ2n) is 3.68. The molecule has 0 fully saturated rings. The topological polar surface area (TPSA) is 27.9 Å². The van der Waals surface area contributed by atoms with Crippen molar-refractivity contribution in [3.05, 3.63) is 48.6 Å². The average Bonchev–Trinajstić information content (AvgIpc) is 2.37. The molecule has 2 nitrogen and oxygen atoms in total. The zero-order chi connectivity index (χ0) is 17.2. The molecule has 0 atom stereocenters. The summed E-state index contributed by atoms with van der Waals surface area (Å²) in [7, 11) is -12.0. The van der Waals surface area contributed by atoms with Gasteiger partial charge >= 0.3 is 27.0 Å². The van der Waals surface area contributed by atoms with Gasteiger partial charge in [0.1, 0.15) is 0 Å². The van der Waals surface area contributed by atoms with Gasteiger partial charge in [0.2, 0.25) is 0 Å². The maximum absolute atomic E-state index is 9.75. The molecular formula is C10H11B2F8NO. The van der Waals surface area contributed by atoms with E-state index in [2.05, 4.69) is 23.7 Å². The van der Waals surface area contributed by atoms with E-state index in [4.69, 9.17) is 4.42 Å². The second-order valence-corrected chi connectivity index (χ2v) is 3.68. The predicted molar refractivity (Wildman–Crippen MR) is 67.4 cm³/mol. The molecule has 0 amide bonds. The SMILES string of the molecule is C1=CC(c2cc[o+]cc2)=CC[NH2+]1.F[B-](F)(F)F.F[B-](F)(F)F. The summed E-state index contributed by atoms with van der Waals surface area (Å²) in [6, 6.07) is 3.95. The molecule has 12 heteroatoms. The Morgan fingerprint density at radius 3 is 1.68 bits per heavy atom. The van der Waals surface area contributed by atoms with Crippen molar-refractivity contribution >= 4 is 20.1 Å². The first-order chi connectivity index (χ1) is 9.97. The van der Waals surface area contributed by atoms with Gasteiger partial charge in [0.05, 0.1) is 12.7 Å². The van der Waals surface area contributed by atoms with Crippen LogP contribution in [0.2, 0.25) is 0 Å². The summed E-state index contributed by atoms with van der Waals surface area (Å²) in [6.45, 7) is 1.03. The number of quaternary nitrogens is 1. The molecule has 1 aliphatic rings. The van der Waals surface area contributed by atoms with Crippen molar-refractivity contribution in [2.75, 3.05) is 6.54 Å². The normalized spacial score (nSPS) is 14.1. The number of halogens is 8. The van der Waals surface area contributed by atoms with Gasteiger partial charge in [0.25, 0.3) is 0 Å². The lowest BCUT2D eigenvalue weighted by Gasteiger charge is -2.02. The molecule has 0 aromatic carbocycles. The van der Waals surface area contributed by atoms with Crippen LogP contribution in [0.25, 0.3) is 5.57 Å². The van der Waals surface area contributed by atoms with Crippen molar-refractivity contribution in [1.29, 1.82) is 0 Å². The van der Waals surface area contributed by atoms with E-state index in [0.717, 1.165) is 6.54 Å². The Hall–Kier alpha value is -1.84. The highest BCUT2D eigenvalue weighted by atomic mass is 19.5. The number of nitrogens with two attached hydrogens (primary N) is 1. The van der Waals surface area contributed by atoms with Crippen molar-refractivity contribution in [2.24, 2.45) is 0 Å². The summed E-state index contributed by atoms with van der Waals surface area (Å²) in [6.07, 6.45) is 9.79. The molecule has 124 valence electrons. The molecule has 0 radical (unpaired) electrons.